The molecule has 1 atom stereocenters. The fourth-order valence-electron chi connectivity index (χ4n) is 4.91. The minimum Gasteiger partial charge on any atom is -0.378 e. The molecule has 4 aromatic rings. The van der Waals surface area contributed by atoms with Gasteiger partial charge in [-0.2, -0.15) is 0 Å². The number of rotatable bonds is 6. The molecule has 1 unspecified atom stereocenters. The second-order valence-electron chi connectivity index (χ2n) is 8.98. The van der Waals surface area contributed by atoms with E-state index in [2.05, 4.69) is 52.7 Å². The molecule has 0 bridgehead atoms. The molecule has 1 aliphatic heterocycles. The molecule has 0 spiro atoms. The van der Waals surface area contributed by atoms with E-state index in [1.54, 1.807) is 12.1 Å². The Labute approximate surface area is 193 Å². The van der Waals surface area contributed by atoms with E-state index in [0.29, 0.717) is 5.92 Å². The summed E-state index contributed by atoms with van der Waals surface area (Å²) in [4.78, 5) is 2.51. The quantitative estimate of drug-likeness (QED) is 0.340. The van der Waals surface area contributed by atoms with Crippen molar-refractivity contribution in [2.24, 2.45) is 5.92 Å². The van der Waals surface area contributed by atoms with Crippen LogP contribution in [0.1, 0.15) is 30.0 Å². The molecular formula is C29H28F2N2. The van der Waals surface area contributed by atoms with Gasteiger partial charge in [-0.1, -0.05) is 48.5 Å². The Morgan fingerprint density at radius 1 is 0.758 bits per heavy atom. The maximum absolute atomic E-state index is 13.6. The Hall–Kier alpha value is -3.24. The number of nitrogens with one attached hydrogen (secondary N) is 1. The van der Waals surface area contributed by atoms with Crippen molar-refractivity contribution in [2.75, 3.05) is 18.4 Å². The predicted molar refractivity (Wildman–Crippen MR) is 131 cm³/mol. The number of fused-ring (bicyclic) bond motifs is 1. The fraction of sp³-hybridized carbons (Fsp3) is 0.241. The van der Waals surface area contributed by atoms with Crippen LogP contribution >= 0.6 is 0 Å². The molecule has 1 aliphatic rings. The van der Waals surface area contributed by atoms with Gasteiger partial charge in [0.05, 0.1) is 6.04 Å². The summed E-state index contributed by atoms with van der Waals surface area (Å²) in [6.45, 7) is 2.98. The van der Waals surface area contributed by atoms with E-state index in [4.69, 9.17) is 0 Å². The van der Waals surface area contributed by atoms with Crippen molar-refractivity contribution in [3.63, 3.8) is 0 Å². The normalized spacial score (nSPS) is 16.1. The first-order valence-electron chi connectivity index (χ1n) is 11.6. The van der Waals surface area contributed by atoms with Gasteiger partial charge in [-0.05, 0) is 96.2 Å². The van der Waals surface area contributed by atoms with Gasteiger partial charge < -0.3 is 5.32 Å². The third-order valence-electron chi connectivity index (χ3n) is 6.72. The van der Waals surface area contributed by atoms with Crippen LogP contribution in [0.3, 0.4) is 0 Å². The molecule has 1 heterocycles. The lowest BCUT2D eigenvalue weighted by Gasteiger charge is -2.37. The maximum atomic E-state index is 13.6. The summed E-state index contributed by atoms with van der Waals surface area (Å²) < 4.78 is 26.9. The molecule has 0 saturated carbocycles. The number of hydrogen-bond donors (Lipinski definition) is 1. The molecular weight excluding hydrogens is 414 g/mol. The van der Waals surface area contributed by atoms with Crippen LogP contribution in [-0.4, -0.2) is 18.0 Å². The summed E-state index contributed by atoms with van der Waals surface area (Å²) >= 11 is 0. The zero-order valence-corrected chi connectivity index (χ0v) is 18.6. The molecule has 0 radical (unpaired) electrons. The number of likely N-dealkylation sites (tertiary alicyclic amines) is 1. The summed E-state index contributed by atoms with van der Waals surface area (Å²) in [6, 6.07) is 28.5. The van der Waals surface area contributed by atoms with Crippen molar-refractivity contribution >= 4 is 16.5 Å². The summed E-state index contributed by atoms with van der Waals surface area (Å²) in [5.74, 6) is -0.0706. The molecule has 4 aromatic carbocycles. The number of benzene rings is 4. The van der Waals surface area contributed by atoms with Gasteiger partial charge in [-0.15, -0.1) is 0 Å². The van der Waals surface area contributed by atoms with E-state index >= 15 is 0 Å². The van der Waals surface area contributed by atoms with Gasteiger partial charge >= 0.3 is 0 Å². The zero-order chi connectivity index (χ0) is 22.6. The van der Waals surface area contributed by atoms with Crippen LogP contribution in [0.5, 0.6) is 0 Å². The summed E-state index contributed by atoms with van der Waals surface area (Å²) in [6.07, 6.45) is 2.09. The number of halogens is 2. The largest absolute Gasteiger partial charge is 0.378 e. The van der Waals surface area contributed by atoms with Crippen LogP contribution in [0.25, 0.3) is 10.8 Å². The Kier molecular flexibility index (Phi) is 6.36. The fourth-order valence-corrected chi connectivity index (χ4v) is 4.91. The summed E-state index contributed by atoms with van der Waals surface area (Å²) in [5, 5.41) is 6.14. The third-order valence-corrected chi connectivity index (χ3v) is 6.72. The highest BCUT2D eigenvalue weighted by Gasteiger charge is 2.28. The van der Waals surface area contributed by atoms with Crippen LogP contribution in [0.15, 0.2) is 91.0 Å². The number of nitrogens with zero attached hydrogens (tertiary/aromatic N) is 1. The number of anilines is 1. The van der Waals surface area contributed by atoms with Gasteiger partial charge in [0, 0.05) is 12.2 Å². The lowest BCUT2D eigenvalue weighted by molar-refractivity contribution is 0.166. The van der Waals surface area contributed by atoms with Crippen molar-refractivity contribution in [2.45, 2.75) is 25.4 Å². The zero-order valence-electron chi connectivity index (χ0n) is 18.6. The highest BCUT2D eigenvalue weighted by atomic mass is 19.1. The lowest BCUT2D eigenvalue weighted by Crippen LogP contribution is -2.36. The van der Waals surface area contributed by atoms with Gasteiger partial charge in [-0.25, -0.2) is 8.78 Å². The average molecular weight is 443 g/mol. The minimum absolute atomic E-state index is 0.0545. The maximum Gasteiger partial charge on any atom is 0.123 e. The van der Waals surface area contributed by atoms with Crippen molar-refractivity contribution < 1.29 is 8.78 Å². The highest BCUT2D eigenvalue weighted by Crippen LogP contribution is 2.34. The third kappa shape index (κ3) is 5.23. The van der Waals surface area contributed by atoms with Crippen molar-refractivity contribution in [3.8, 4) is 0 Å². The van der Waals surface area contributed by atoms with Crippen molar-refractivity contribution in [1.29, 1.82) is 0 Å². The molecule has 168 valence electrons. The topological polar surface area (TPSA) is 15.3 Å². The number of hydrogen-bond acceptors (Lipinski definition) is 2. The van der Waals surface area contributed by atoms with Gasteiger partial charge in [-0.3, -0.25) is 4.90 Å². The van der Waals surface area contributed by atoms with E-state index in [0.717, 1.165) is 43.7 Å². The van der Waals surface area contributed by atoms with Crippen molar-refractivity contribution in [1.82, 2.24) is 4.90 Å². The molecule has 1 fully saturated rings. The molecule has 0 aliphatic carbocycles. The van der Waals surface area contributed by atoms with E-state index in [9.17, 15) is 8.78 Å². The van der Waals surface area contributed by atoms with Gasteiger partial charge in [0.15, 0.2) is 0 Å². The van der Waals surface area contributed by atoms with Crippen LogP contribution in [-0.2, 0) is 6.54 Å². The standard InChI is InChI=1S/C29H28F2N2/c30-26-9-7-23(8-10-26)29(32-28-13-11-27(31)12-14-28)24-15-17-33(18-16-24)20-21-5-6-22-3-1-2-4-25(22)19-21/h1-14,19,24,29,32H,15-18,20H2. The van der Waals surface area contributed by atoms with E-state index in [1.165, 1.54) is 40.6 Å². The van der Waals surface area contributed by atoms with Crippen molar-refractivity contribution in [3.05, 3.63) is 114 Å². The van der Waals surface area contributed by atoms with E-state index in [-0.39, 0.29) is 17.7 Å². The second kappa shape index (κ2) is 9.72. The first kappa shape index (κ1) is 21.6. The average Bonchev–Trinajstić information content (AvgIpc) is 2.85. The van der Waals surface area contributed by atoms with E-state index < -0.39 is 0 Å². The minimum atomic E-state index is -0.249. The Morgan fingerprint density at radius 2 is 1.39 bits per heavy atom. The van der Waals surface area contributed by atoms with Crippen LogP contribution in [0.4, 0.5) is 14.5 Å². The SMILES string of the molecule is Fc1ccc(NC(c2ccc(F)cc2)C2CCN(Cc3ccc4ccccc4c3)CC2)cc1. The molecule has 1 saturated heterocycles. The van der Waals surface area contributed by atoms with E-state index in [1.807, 2.05) is 12.1 Å². The molecule has 0 amide bonds. The first-order valence-corrected chi connectivity index (χ1v) is 11.6. The molecule has 1 N–H and O–H groups in total. The molecule has 0 aromatic heterocycles. The van der Waals surface area contributed by atoms with Gasteiger partial charge in [0.1, 0.15) is 11.6 Å². The Balaban J connectivity index is 1.28. The Morgan fingerprint density at radius 3 is 2.09 bits per heavy atom. The van der Waals surface area contributed by atoms with Gasteiger partial charge in [0.2, 0.25) is 0 Å². The monoisotopic (exact) mass is 442 g/mol. The summed E-state index contributed by atoms with van der Waals surface area (Å²) in [7, 11) is 0. The number of piperidine rings is 1. The highest BCUT2D eigenvalue weighted by molar-refractivity contribution is 5.82. The molecule has 4 heteroatoms. The molecule has 2 nitrogen and oxygen atoms in total. The smallest absolute Gasteiger partial charge is 0.123 e. The molecule has 33 heavy (non-hydrogen) atoms. The Bertz CT molecular complexity index is 1200. The lowest BCUT2D eigenvalue weighted by atomic mass is 9.85. The summed E-state index contributed by atoms with van der Waals surface area (Å²) in [5.41, 5.74) is 3.28. The van der Waals surface area contributed by atoms with Crippen LogP contribution in [0.2, 0.25) is 0 Å². The van der Waals surface area contributed by atoms with Crippen LogP contribution < -0.4 is 5.32 Å². The van der Waals surface area contributed by atoms with Gasteiger partial charge in [0.25, 0.3) is 0 Å². The molecule has 5 rings (SSSR count). The second-order valence-corrected chi connectivity index (χ2v) is 8.98. The first-order chi connectivity index (χ1) is 16.1. The predicted octanol–water partition coefficient (Wildman–Crippen LogP) is 7.18. The van der Waals surface area contributed by atoms with Crippen LogP contribution in [0, 0.1) is 17.6 Å².